The monoisotopic (exact) mass is 255 g/mol. The third kappa shape index (κ3) is 3.68. The van der Waals surface area contributed by atoms with Crippen molar-refractivity contribution in [1.82, 2.24) is 4.98 Å². The Balaban J connectivity index is 2.95. The van der Waals surface area contributed by atoms with E-state index in [0.29, 0.717) is 12.6 Å². The number of aromatic nitrogens is 1. The summed E-state index contributed by atoms with van der Waals surface area (Å²) in [6.45, 7) is 10.5. The fourth-order valence-corrected chi connectivity index (χ4v) is 3.04. The van der Waals surface area contributed by atoms with E-state index in [-0.39, 0.29) is 0 Å². The highest BCUT2D eigenvalue weighted by molar-refractivity contribution is 7.15. The van der Waals surface area contributed by atoms with Crippen LogP contribution in [-0.4, -0.2) is 17.6 Å². The number of nitrogens with zero attached hydrogens (tertiary/aromatic N) is 2. The van der Waals surface area contributed by atoms with Crippen molar-refractivity contribution in [2.24, 2.45) is 5.73 Å². The molecule has 98 valence electrons. The average molecular weight is 255 g/mol. The maximum absolute atomic E-state index is 5.80. The summed E-state index contributed by atoms with van der Waals surface area (Å²) >= 11 is 1.77. The molecular formula is C13H25N3S. The lowest BCUT2D eigenvalue weighted by atomic mass is 10.2. The highest BCUT2D eigenvalue weighted by Gasteiger charge is 2.16. The summed E-state index contributed by atoms with van der Waals surface area (Å²) in [5.74, 6) is 0. The van der Waals surface area contributed by atoms with Gasteiger partial charge in [0.25, 0.3) is 0 Å². The van der Waals surface area contributed by atoms with E-state index in [4.69, 9.17) is 10.7 Å². The lowest BCUT2D eigenvalue weighted by Crippen LogP contribution is -2.31. The molecule has 0 spiro atoms. The van der Waals surface area contributed by atoms with Crippen molar-refractivity contribution in [3.8, 4) is 0 Å². The number of anilines is 1. The first-order chi connectivity index (χ1) is 8.13. The molecule has 0 unspecified atom stereocenters. The van der Waals surface area contributed by atoms with Crippen LogP contribution < -0.4 is 10.6 Å². The first kappa shape index (κ1) is 14.5. The van der Waals surface area contributed by atoms with Gasteiger partial charge in [-0.1, -0.05) is 20.3 Å². The van der Waals surface area contributed by atoms with Crippen molar-refractivity contribution in [2.75, 3.05) is 11.4 Å². The Morgan fingerprint density at radius 1 is 1.29 bits per heavy atom. The molecule has 3 nitrogen and oxygen atoms in total. The molecule has 2 N–H and O–H groups in total. The minimum Gasteiger partial charge on any atom is -0.346 e. The van der Waals surface area contributed by atoms with Gasteiger partial charge in [-0.15, -0.1) is 11.3 Å². The molecule has 0 bridgehead atoms. The zero-order valence-corrected chi connectivity index (χ0v) is 12.3. The topological polar surface area (TPSA) is 42.2 Å². The van der Waals surface area contributed by atoms with Crippen LogP contribution in [0.15, 0.2) is 0 Å². The maximum atomic E-state index is 5.80. The largest absolute Gasteiger partial charge is 0.346 e. The zero-order valence-electron chi connectivity index (χ0n) is 11.5. The number of aryl methyl sites for hydroxylation is 1. The molecule has 0 radical (unpaired) electrons. The second-order valence-electron chi connectivity index (χ2n) is 4.61. The first-order valence-electron chi connectivity index (χ1n) is 6.59. The summed E-state index contributed by atoms with van der Waals surface area (Å²) in [7, 11) is 0. The van der Waals surface area contributed by atoms with Crippen LogP contribution in [0.5, 0.6) is 0 Å². The fourth-order valence-electron chi connectivity index (χ4n) is 1.90. The van der Waals surface area contributed by atoms with Gasteiger partial charge in [0.2, 0.25) is 0 Å². The van der Waals surface area contributed by atoms with Gasteiger partial charge in [-0.05, 0) is 26.7 Å². The number of hydrogen-bond donors (Lipinski definition) is 1. The molecule has 1 heterocycles. The van der Waals surface area contributed by atoms with Gasteiger partial charge in [0.1, 0.15) is 0 Å². The molecule has 0 aliphatic carbocycles. The molecule has 1 rings (SSSR count). The van der Waals surface area contributed by atoms with Gasteiger partial charge in [0, 0.05) is 24.0 Å². The molecule has 17 heavy (non-hydrogen) atoms. The van der Waals surface area contributed by atoms with Crippen LogP contribution in [0.25, 0.3) is 0 Å². The predicted octanol–water partition coefficient (Wildman–Crippen LogP) is 3.18. The molecule has 0 saturated carbocycles. The molecule has 0 aromatic carbocycles. The van der Waals surface area contributed by atoms with Crippen molar-refractivity contribution in [2.45, 2.75) is 59.5 Å². The summed E-state index contributed by atoms with van der Waals surface area (Å²) < 4.78 is 0. The van der Waals surface area contributed by atoms with E-state index >= 15 is 0 Å². The molecule has 0 fully saturated rings. The number of thiazole rings is 1. The van der Waals surface area contributed by atoms with Gasteiger partial charge in [0.15, 0.2) is 5.13 Å². The van der Waals surface area contributed by atoms with Crippen molar-refractivity contribution in [3.63, 3.8) is 0 Å². The van der Waals surface area contributed by atoms with Crippen molar-refractivity contribution in [3.05, 3.63) is 10.6 Å². The number of rotatable bonds is 7. The van der Waals surface area contributed by atoms with Crippen molar-refractivity contribution in [1.29, 1.82) is 0 Å². The van der Waals surface area contributed by atoms with Crippen LogP contribution in [0.4, 0.5) is 5.13 Å². The second-order valence-corrected chi connectivity index (χ2v) is 5.67. The summed E-state index contributed by atoms with van der Waals surface area (Å²) in [6, 6.07) is 0.501. The first-order valence-corrected chi connectivity index (χ1v) is 7.40. The van der Waals surface area contributed by atoms with Gasteiger partial charge in [-0.3, -0.25) is 0 Å². The van der Waals surface area contributed by atoms with Gasteiger partial charge in [0.05, 0.1) is 5.69 Å². The molecule has 4 heteroatoms. The van der Waals surface area contributed by atoms with Crippen LogP contribution in [0.1, 0.15) is 51.1 Å². The fraction of sp³-hybridized carbons (Fsp3) is 0.769. The quantitative estimate of drug-likeness (QED) is 0.813. The summed E-state index contributed by atoms with van der Waals surface area (Å²) in [4.78, 5) is 8.41. The molecular weight excluding hydrogens is 230 g/mol. The Hall–Kier alpha value is -0.610. The van der Waals surface area contributed by atoms with Crippen molar-refractivity contribution < 1.29 is 0 Å². The molecule has 0 amide bonds. The molecule has 0 aliphatic heterocycles. The SMILES string of the molecule is CCCc1nc(N(CCC)C(C)C)sc1CN. The standard InChI is InChI=1S/C13H25N3S/c1-5-7-11-12(9-14)17-13(15-11)16(8-6-2)10(3)4/h10H,5-9,14H2,1-4H3. The normalized spacial score (nSPS) is 11.2. The minimum absolute atomic E-state index is 0.501. The maximum Gasteiger partial charge on any atom is 0.186 e. The predicted molar refractivity (Wildman–Crippen MR) is 76.8 cm³/mol. The van der Waals surface area contributed by atoms with Gasteiger partial charge in [-0.2, -0.15) is 0 Å². The lowest BCUT2D eigenvalue weighted by molar-refractivity contribution is 0.667. The Morgan fingerprint density at radius 2 is 2.00 bits per heavy atom. The second kappa shape index (κ2) is 6.97. The van der Waals surface area contributed by atoms with Gasteiger partial charge >= 0.3 is 0 Å². The van der Waals surface area contributed by atoms with Crippen LogP contribution >= 0.6 is 11.3 Å². The average Bonchev–Trinajstić information content (AvgIpc) is 2.69. The lowest BCUT2D eigenvalue weighted by Gasteiger charge is -2.25. The highest BCUT2D eigenvalue weighted by atomic mass is 32.1. The van der Waals surface area contributed by atoms with E-state index in [1.54, 1.807) is 11.3 Å². The van der Waals surface area contributed by atoms with E-state index < -0.39 is 0 Å². The Kier molecular flexibility index (Phi) is 5.92. The van der Waals surface area contributed by atoms with E-state index in [9.17, 15) is 0 Å². The summed E-state index contributed by atoms with van der Waals surface area (Å²) in [6.07, 6.45) is 3.32. The van der Waals surface area contributed by atoms with Crippen LogP contribution in [0.2, 0.25) is 0 Å². The van der Waals surface area contributed by atoms with Gasteiger partial charge < -0.3 is 10.6 Å². The van der Waals surface area contributed by atoms with Crippen LogP contribution in [-0.2, 0) is 13.0 Å². The summed E-state index contributed by atoms with van der Waals surface area (Å²) in [5.41, 5.74) is 7.00. The number of hydrogen-bond acceptors (Lipinski definition) is 4. The third-order valence-electron chi connectivity index (χ3n) is 2.77. The van der Waals surface area contributed by atoms with Crippen molar-refractivity contribution >= 4 is 16.5 Å². The van der Waals surface area contributed by atoms with Crippen LogP contribution in [0.3, 0.4) is 0 Å². The molecule has 0 aliphatic rings. The highest BCUT2D eigenvalue weighted by Crippen LogP contribution is 2.28. The summed E-state index contributed by atoms with van der Waals surface area (Å²) in [5, 5.41) is 1.14. The molecule has 1 aromatic rings. The van der Waals surface area contributed by atoms with E-state index in [0.717, 1.165) is 30.9 Å². The molecule has 0 atom stereocenters. The Bertz CT molecular complexity index is 333. The smallest absolute Gasteiger partial charge is 0.186 e. The molecule has 1 aromatic heterocycles. The number of nitrogens with two attached hydrogens (primary N) is 1. The van der Waals surface area contributed by atoms with Gasteiger partial charge in [-0.25, -0.2) is 4.98 Å². The zero-order chi connectivity index (χ0) is 12.8. The third-order valence-corrected chi connectivity index (χ3v) is 3.93. The van der Waals surface area contributed by atoms with Crippen LogP contribution in [0, 0.1) is 0 Å². The van der Waals surface area contributed by atoms with E-state index in [1.807, 2.05) is 0 Å². The van der Waals surface area contributed by atoms with E-state index in [2.05, 4.69) is 32.6 Å². The Labute approximate surface area is 109 Å². The minimum atomic E-state index is 0.501. The Morgan fingerprint density at radius 3 is 2.47 bits per heavy atom. The van der Waals surface area contributed by atoms with E-state index in [1.165, 1.54) is 10.6 Å². The molecule has 0 saturated heterocycles.